The standard InChI is InChI=1S/C12H9FN2O2.C7H6ClNO.C4H6O2.C2H6/c13-10-7-9(4-5-11(10)14-8-16)15-6-2-1-3-12(15)17;8-6-1-3-7(4-2-6)9-5-10;5-4(6)3-1-2-3;1-2/h1-8H,(H,14,16);1-5H,(H,9,10);3H,1-2H2,(H,5,6);1-2H3. The minimum atomic E-state index is -0.630. The zero-order valence-electron chi connectivity index (χ0n) is 19.3. The third-order valence-corrected chi connectivity index (χ3v) is 4.52. The highest BCUT2D eigenvalue weighted by Crippen LogP contribution is 2.28. The van der Waals surface area contributed by atoms with Crippen molar-refractivity contribution in [3.8, 4) is 5.69 Å². The molecule has 1 saturated carbocycles. The summed E-state index contributed by atoms with van der Waals surface area (Å²) in [5.41, 5.74) is 0.986. The van der Waals surface area contributed by atoms with E-state index < -0.39 is 11.8 Å². The van der Waals surface area contributed by atoms with E-state index in [1.165, 1.54) is 22.8 Å². The van der Waals surface area contributed by atoms with Gasteiger partial charge in [-0.1, -0.05) is 31.5 Å². The van der Waals surface area contributed by atoms with Crippen molar-refractivity contribution in [3.63, 3.8) is 0 Å². The summed E-state index contributed by atoms with van der Waals surface area (Å²) in [5.74, 6) is -1.20. The Balaban J connectivity index is 0.000000287. The molecule has 0 bridgehead atoms. The van der Waals surface area contributed by atoms with Gasteiger partial charge in [-0.3, -0.25) is 23.7 Å². The molecule has 35 heavy (non-hydrogen) atoms. The van der Waals surface area contributed by atoms with Gasteiger partial charge in [-0.25, -0.2) is 4.39 Å². The van der Waals surface area contributed by atoms with Crippen LogP contribution in [0.25, 0.3) is 5.69 Å². The van der Waals surface area contributed by atoms with Crippen molar-refractivity contribution in [2.75, 3.05) is 10.6 Å². The van der Waals surface area contributed by atoms with Crippen LogP contribution in [0.1, 0.15) is 26.7 Å². The van der Waals surface area contributed by atoms with E-state index >= 15 is 0 Å². The van der Waals surface area contributed by atoms with Gasteiger partial charge in [0, 0.05) is 29.0 Å². The van der Waals surface area contributed by atoms with E-state index in [9.17, 15) is 23.6 Å². The van der Waals surface area contributed by atoms with E-state index in [0.717, 1.165) is 18.5 Å². The minimum absolute atomic E-state index is 0.0185. The van der Waals surface area contributed by atoms with Crippen LogP contribution in [0.2, 0.25) is 5.02 Å². The van der Waals surface area contributed by atoms with E-state index in [4.69, 9.17) is 16.7 Å². The molecule has 0 aliphatic heterocycles. The van der Waals surface area contributed by atoms with E-state index in [-0.39, 0.29) is 17.2 Å². The second kappa shape index (κ2) is 15.8. The van der Waals surface area contributed by atoms with Gasteiger partial charge < -0.3 is 15.7 Å². The first-order chi connectivity index (χ1) is 16.8. The fourth-order valence-corrected chi connectivity index (χ4v) is 2.55. The number of aromatic nitrogens is 1. The third-order valence-electron chi connectivity index (χ3n) is 4.26. The number of carbonyl (C=O) groups is 3. The highest BCUT2D eigenvalue weighted by molar-refractivity contribution is 6.30. The van der Waals surface area contributed by atoms with Crippen LogP contribution >= 0.6 is 11.6 Å². The molecule has 1 heterocycles. The number of aliphatic carboxylic acids is 1. The first-order valence-corrected chi connectivity index (χ1v) is 11.1. The third kappa shape index (κ3) is 10.7. The molecule has 0 atom stereocenters. The summed E-state index contributed by atoms with van der Waals surface area (Å²) in [7, 11) is 0. The Morgan fingerprint density at radius 3 is 2.11 bits per heavy atom. The molecule has 2 amide bonds. The van der Waals surface area contributed by atoms with E-state index in [0.29, 0.717) is 23.5 Å². The molecule has 4 rings (SSSR count). The summed E-state index contributed by atoms with van der Waals surface area (Å²) in [4.78, 5) is 41.4. The molecular weight excluding hydrogens is 477 g/mol. The van der Waals surface area contributed by atoms with Gasteiger partial charge in [0.15, 0.2) is 0 Å². The van der Waals surface area contributed by atoms with Gasteiger partial charge in [-0.2, -0.15) is 0 Å². The molecule has 1 aliphatic rings. The van der Waals surface area contributed by atoms with Crippen LogP contribution in [0.15, 0.2) is 71.7 Å². The maximum absolute atomic E-state index is 13.5. The highest BCUT2D eigenvalue weighted by Gasteiger charge is 2.28. The summed E-state index contributed by atoms with van der Waals surface area (Å²) in [6, 6.07) is 15.7. The number of carboxylic acids is 1. The minimum Gasteiger partial charge on any atom is -0.481 e. The molecule has 3 N–H and O–H groups in total. The van der Waals surface area contributed by atoms with Crippen LogP contribution in [0, 0.1) is 11.7 Å². The van der Waals surface area contributed by atoms with Crippen LogP contribution in [-0.4, -0.2) is 28.5 Å². The van der Waals surface area contributed by atoms with Crippen molar-refractivity contribution in [1.82, 2.24) is 4.57 Å². The number of carbonyl (C=O) groups excluding carboxylic acids is 2. The first kappa shape index (κ1) is 29.1. The van der Waals surface area contributed by atoms with Gasteiger partial charge in [-0.15, -0.1) is 0 Å². The SMILES string of the molecule is CC.O=C(O)C1CC1.O=CNc1ccc(-n2ccccc2=O)cc1F.O=CNc1ccc(Cl)cc1. The second-order valence-electron chi connectivity index (χ2n) is 6.72. The monoisotopic (exact) mass is 503 g/mol. The van der Waals surface area contributed by atoms with E-state index in [2.05, 4.69) is 10.6 Å². The zero-order chi connectivity index (χ0) is 26.2. The van der Waals surface area contributed by atoms with Crippen molar-refractivity contribution in [3.05, 3.63) is 88.1 Å². The largest absolute Gasteiger partial charge is 0.481 e. The molecule has 1 fully saturated rings. The fraction of sp³-hybridized carbons (Fsp3) is 0.200. The Kier molecular flexibility index (Phi) is 13.1. The van der Waals surface area contributed by atoms with Crippen LogP contribution < -0.4 is 16.2 Å². The van der Waals surface area contributed by atoms with Gasteiger partial charge in [0.2, 0.25) is 12.8 Å². The molecule has 1 aliphatic carbocycles. The molecule has 8 nitrogen and oxygen atoms in total. The Hall–Kier alpha value is -3.98. The van der Waals surface area contributed by atoms with Gasteiger partial charge in [0.25, 0.3) is 5.56 Å². The molecule has 3 aromatic rings. The number of amides is 2. The van der Waals surface area contributed by atoms with Crippen LogP contribution in [0.5, 0.6) is 0 Å². The number of benzene rings is 2. The summed E-state index contributed by atoms with van der Waals surface area (Å²) < 4.78 is 14.8. The van der Waals surface area contributed by atoms with Crippen molar-refractivity contribution < 1.29 is 23.9 Å². The summed E-state index contributed by atoms with van der Waals surface area (Å²) in [6.07, 6.45) is 4.37. The number of pyridine rings is 1. The fourth-order valence-electron chi connectivity index (χ4n) is 2.42. The Morgan fingerprint density at radius 2 is 1.66 bits per heavy atom. The number of halogens is 2. The van der Waals surface area contributed by atoms with Crippen molar-refractivity contribution in [1.29, 1.82) is 0 Å². The molecule has 0 spiro atoms. The lowest BCUT2D eigenvalue weighted by atomic mass is 10.2. The van der Waals surface area contributed by atoms with Crippen molar-refractivity contribution in [2.24, 2.45) is 5.92 Å². The van der Waals surface area contributed by atoms with Crippen LogP contribution in [-0.2, 0) is 14.4 Å². The number of hydrogen-bond acceptors (Lipinski definition) is 4. The number of hydrogen-bond donors (Lipinski definition) is 3. The zero-order valence-corrected chi connectivity index (χ0v) is 20.0. The predicted octanol–water partition coefficient (Wildman–Crippen LogP) is 4.96. The molecule has 2 aromatic carbocycles. The topological polar surface area (TPSA) is 117 Å². The molecule has 0 unspecified atom stereocenters. The molecule has 1 aromatic heterocycles. The highest BCUT2D eigenvalue weighted by atomic mass is 35.5. The van der Waals surface area contributed by atoms with Gasteiger partial charge in [-0.05, 0) is 55.3 Å². The Labute approximate surface area is 207 Å². The molecule has 186 valence electrons. The maximum atomic E-state index is 13.5. The average molecular weight is 504 g/mol. The first-order valence-electron chi connectivity index (χ1n) is 10.7. The lowest BCUT2D eigenvalue weighted by Gasteiger charge is -2.07. The average Bonchev–Trinajstić information content (AvgIpc) is 3.71. The van der Waals surface area contributed by atoms with Crippen molar-refractivity contribution in [2.45, 2.75) is 26.7 Å². The Morgan fingerprint density at radius 1 is 1.03 bits per heavy atom. The maximum Gasteiger partial charge on any atom is 0.306 e. The van der Waals surface area contributed by atoms with E-state index in [1.807, 2.05) is 13.8 Å². The number of carboxylic acid groups (broad SMARTS) is 1. The Bertz CT molecular complexity index is 1150. The molecule has 0 saturated heterocycles. The van der Waals surface area contributed by atoms with Crippen LogP contribution in [0.4, 0.5) is 15.8 Å². The number of rotatable bonds is 6. The van der Waals surface area contributed by atoms with E-state index in [1.54, 1.807) is 48.7 Å². The summed E-state index contributed by atoms with van der Waals surface area (Å²) in [6.45, 7) is 4.00. The normalized spacial score (nSPS) is 11.1. The lowest BCUT2D eigenvalue weighted by Crippen LogP contribution is -2.15. The number of anilines is 2. The predicted molar refractivity (Wildman–Crippen MR) is 135 cm³/mol. The summed E-state index contributed by atoms with van der Waals surface area (Å²) in [5, 5.41) is 13.4. The van der Waals surface area contributed by atoms with Crippen LogP contribution in [0.3, 0.4) is 0 Å². The summed E-state index contributed by atoms with van der Waals surface area (Å²) >= 11 is 5.60. The van der Waals surface area contributed by atoms with Gasteiger partial charge in [0.1, 0.15) is 5.82 Å². The smallest absolute Gasteiger partial charge is 0.306 e. The lowest BCUT2D eigenvalue weighted by molar-refractivity contribution is -0.138. The second-order valence-corrected chi connectivity index (χ2v) is 7.15. The number of nitrogens with zero attached hydrogens (tertiary/aromatic N) is 1. The van der Waals surface area contributed by atoms with Crippen molar-refractivity contribution >= 4 is 41.8 Å². The molecule has 0 radical (unpaired) electrons. The molecule has 10 heteroatoms. The number of nitrogens with one attached hydrogen (secondary N) is 2. The van der Waals surface area contributed by atoms with Gasteiger partial charge >= 0.3 is 5.97 Å². The van der Waals surface area contributed by atoms with Gasteiger partial charge in [0.05, 0.1) is 17.3 Å². The molecular formula is C25H27ClFN3O5. The quantitative estimate of drug-likeness (QED) is 0.411.